The second-order valence-corrected chi connectivity index (χ2v) is 8.76. The highest BCUT2D eigenvalue weighted by Crippen LogP contribution is 2.21. The summed E-state index contributed by atoms with van der Waals surface area (Å²) in [5, 5.41) is 6.99. The van der Waals surface area contributed by atoms with Gasteiger partial charge in [0.1, 0.15) is 0 Å². The average molecular weight is 456 g/mol. The third kappa shape index (κ3) is 6.30. The number of hydrogen-bond donors (Lipinski definition) is 3. The number of rotatable bonds is 7. The number of allylic oxidation sites excluding steroid dienone is 3. The van der Waals surface area contributed by atoms with Crippen LogP contribution < -0.4 is 16.4 Å². The van der Waals surface area contributed by atoms with Crippen LogP contribution in [0.4, 0.5) is 22.7 Å². The highest BCUT2D eigenvalue weighted by molar-refractivity contribution is 5.66. The number of nitrogens with two attached hydrogens (primary N) is 1. The summed E-state index contributed by atoms with van der Waals surface area (Å²) in [6.45, 7) is 0. The molecule has 0 bridgehead atoms. The third-order valence-corrected chi connectivity index (χ3v) is 5.97. The van der Waals surface area contributed by atoms with Crippen LogP contribution in [0.25, 0.3) is 6.08 Å². The van der Waals surface area contributed by atoms with E-state index in [-0.39, 0.29) is 6.04 Å². The molecule has 0 saturated carbocycles. The maximum Gasteiger partial charge on any atom is 0.0635 e. The largest absolute Gasteiger partial charge is 0.399 e. The van der Waals surface area contributed by atoms with Crippen molar-refractivity contribution in [1.29, 1.82) is 0 Å². The zero-order valence-corrected chi connectivity index (χ0v) is 19.6. The lowest BCUT2D eigenvalue weighted by Crippen LogP contribution is -2.15. The van der Waals surface area contributed by atoms with Gasteiger partial charge in [-0.15, -0.1) is 0 Å². The molecule has 3 nitrogen and oxygen atoms in total. The minimum absolute atomic E-state index is 0.207. The molecular formula is C32H29N3. The Morgan fingerprint density at radius 1 is 0.629 bits per heavy atom. The van der Waals surface area contributed by atoms with Crippen LogP contribution in [-0.2, 0) is 6.42 Å². The first-order valence-electron chi connectivity index (χ1n) is 11.9. The van der Waals surface area contributed by atoms with Crippen molar-refractivity contribution in [3.8, 4) is 0 Å². The summed E-state index contributed by atoms with van der Waals surface area (Å²) < 4.78 is 0. The molecule has 172 valence electrons. The van der Waals surface area contributed by atoms with Crippen LogP contribution in [0.15, 0.2) is 133 Å². The first-order valence-corrected chi connectivity index (χ1v) is 11.9. The number of hydrogen-bond acceptors (Lipinski definition) is 3. The molecule has 0 heterocycles. The maximum atomic E-state index is 5.78. The molecule has 1 aliphatic carbocycles. The van der Waals surface area contributed by atoms with Crippen molar-refractivity contribution in [3.63, 3.8) is 0 Å². The van der Waals surface area contributed by atoms with Gasteiger partial charge in [-0.1, -0.05) is 78.9 Å². The normalized spacial score (nSPS) is 14.5. The van der Waals surface area contributed by atoms with Crippen molar-refractivity contribution < 1.29 is 0 Å². The molecule has 4 aromatic carbocycles. The molecule has 0 aliphatic heterocycles. The minimum atomic E-state index is 0.207. The standard InChI is InChI=1S/C32H29N3/c33-28-14-6-24(7-15-28)22-25-10-18-31(19-11-25)35-32-20-12-27(13-21-32)23-26-8-16-30(17-9-26)34-29-4-2-1-3-5-29/h1-21,23,30,34-35H,22,33H2. The summed E-state index contributed by atoms with van der Waals surface area (Å²) in [5.41, 5.74) is 14.7. The van der Waals surface area contributed by atoms with E-state index in [1.807, 2.05) is 30.3 Å². The molecule has 0 fully saturated rings. The lowest BCUT2D eigenvalue weighted by molar-refractivity contribution is 1.09. The van der Waals surface area contributed by atoms with Gasteiger partial charge < -0.3 is 16.4 Å². The van der Waals surface area contributed by atoms with Gasteiger partial charge in [0, 0.05) is 22.7 Å². The van der Waals surface area contributed by atoms with E-state index in [1.54, 1.807) is 0 Å². The van der Waals surface area contributed by atoms with Crippen molar-refractivity contribution in [2.45, 2.75) is 12.5 Å². The minimum Gasteiger partial charge on any atom is -0.399 e. The number of para-hydroxylation sites is 1. The van der Waals surface area contributed by atoms with Crippen LogP contribution in [0.5, 0.6) is 0 Å². The molecular weight excluding hydrogens is 426 g/mol. The Morgan fingerprint density at radius 2 is 1.20 bits per heavy atom. The lowest BCUT2D eigenvalue weighted by Gasteiger charge is -2.15. The van der Waals surface area contributed by atoms with E-state index in [2.05, 4.69) is 114 Å². The fraction of sp³-hybridized carbons (Fsp3) is 0.0625. The van der Waals surface area contributed by atoms with Crippen LogP contribution in [0.2, 0.25) is 0 Å². The zero-order chi connectivity index (χ0) is 23.9. The highest BCUT2D eigenvalue weighted by Gasteiger charge is 2.05. The van der Waals surface area contributed by atoms with E-state index in [9.17, 15) is 0 Å². The Hall–Kier alpha value is -4.50. The van der Waals surface area contributed by atoms with Crippen molar-refractivity contribution in [1.82, 2.24) is 0 Å². The molecule has 0 amide bonds. The first kappa shape index (κ1) is 22.3. The van der Waals surface area contributed by atoms with Gasteiger partial charge >= 0.3 is 0 Å². The van der Waals surface area contributed by atoms with Gasteiger partial charge in [0.25, 0.3) is 0 Å². The van der Waals surface area contributed by atoms with Crippen molar-refractivity contribution in [2.75, 3.05) is 16.4 Å². The Bertz CT molecular complexity index is 1320. The van der Waals surface area contributed by atoms with Gasteiger partial charge in [-0.05, 0) is 83.3 Å². The molecule has 0 radical (unpaired) electrons. The summed E-state index contributed by atoms with van der Waals surface area (Å²) in [7, 11) is 0. The first-order chi connectivity index (χ1) is 17.2. The van der Waals surface area contributed by atoms with Crippen molar-refractivity contribution in [3.05, 3.63) is 150 Å². The Labute approximate surface area is 207 Å². The van der Waals surface area contributed by atoms with Gasteiger partial charge in [0.05, 0.1) is 6.04 Å². The Kier molecular flexibility index (Phi) is 6.77. The van der Waals surface area contributed by atoms with Crippen molar-refractivity contribution in [2.24, 2.45) is 0 Å². The zero-order valence-electron chi connectivity index (χ0n) is 19.6. The van der Waals surface area contributed by atoms with E-state index in [0.29, 0.717) is 0 Å². The Morgan fingerprint density at radius 3 is 1.83 bits per heavy atom. The second kappa shape index (κ2) is 10.6. The van der Waals surface area contributed by atoms with Crippen LogP contribution in [0, 0.1) is 0 Å². The summed E-state index contributed by atoms with van der Waals surface area (Å²) in [5.74, 6) is 0. The van der Waals surface area contributed by atoms with Crippen LogP contribution in [0.3, 0.4) is 0 Å². The predicted octanol–water partition coefficient (Wildman–Crippen LogP) is 7.59. The number of nitrogen functional groups attached to an aromatic ring is 1. The average Bonchev–Trinajstić information content (AvgIpc) is 2.89. The summed E-state index contributed by atoms with van der Waals surface area (Å²) in [4.78, 5) is 0. The molecule has 0 unspecified atom stereocenters. The maximum absolute atomic E-state index is 5.78. The monoisotopic (exact) mass is 455 g/mol. The molecule has 0 saturated heterocycles. The summed E-state index contributed by atoms with van der Waals surface area (Å²) in [6, 6.07) is 35.6. The number of benzene rings is 4. The van der Waals surface area contributed by atoms with Crippen LogP contribution in [0.1, 0.15) is 16.7 Å². The third-order valence-electron chi connectivity index (χ3n) is 5.97. The Balaban J connectivity index is 1.16. The van der Waals surface area contributed by atoms with Gasteiger partial charge in [0.2, 0.25) is 0 Å². The highest BCUT2D eigenvalue weighted by atomic mass is 14.9. The quantitative estimate of drug-likeness (QED) is 0.252. The second-order valence-electron chi connectivity index (χ2n) is 8.76. The molecule has 5 rings (SSSR count). The van der Waals surface area contributed by atoms with E-state index >= 15 is 0 Å². The van der Waals surface area contributed by atoms with E-state index in [1.165, 1.54) is 22.3 Å². The van der Waals surface area contributed by atoms with E-state index in [0.717, 1.165) is 29.2 Å². The summed E-state index contributed by atoms with van der Waals surface area (Å²) >= 11 is 0. The van der Waals surface area contributed by atoms with Crippen LogP contribution >= 0.6 is 0 Å². The molecule has 0 aromatic heterocycles. The molecule has 1 aliphatic rings. The van der Waals surface area contributed by atoms with Gasteiger partial charge in [-0.25, -0.2) is 0 Å². The fourth-order valence-corrected chi connectivity index (χ4v) is 4.07. The molecule has 0 spiro atoms. The summed E-state index contributed by atoms with van der Waals surface area (Å²) in [6.07, 6.45) is 11.8. The van der Waals surface area contributed by atoms with E-state index in [4.69, 9.17) is 5.73 Å². The predicted molar refractivity (Wildman–Crippen MR) is 150 cm³/mol. The topological polar surface area (TPSA) is 50.1 Å². The van der Waals surface area contributed by atoms with Gasteiger partial charge in [-0.2, -0.15) is 0 Å². The fourth-order valence-electron chi connectivity index (χ4n) is 4.07. The number of nitrogens with one attached hydrogen (secondary N) is 2. The van der Waals surface area contributed by atoms with Crippen LogP contribution in [-0.4, -0.2) is 6.04 Å². The van der Waals surface area contributed by atoms with Gasteiger partial charge in [0.15, 0.2) is 0 Å². The molecule has 4 aromatic rings. The molecule has 35 heavy (non-hydrogen) atoms. The van der Waals surface area contributed by atoms with Crippen molar-refractivity contribution >= 4 is 28.8 Å². The molecule has 3 heteroatoms. The number of anilines is 4. The van der Waals surface area contributed by atoms with E-state index < -0.39 is 0 Å². The smallest absolute Gasteiger partial charge is 0.0635 e. The SMILES string of the molecule is Nc1ccc(Cc2ccc(Nc3ccc(C=C4C=CC(Nc5ccccc5)C=C4)cc3)cc2)cc1. The lowest BCUT2D eigenvalue weighted by atomic mass is 10.0. The molecule has 4 N–H and O–H groups in total. The molecule has 0 atom stereocenters. The van der Waals surface area contributed by atoms with Gasteiger partial charge in [-0.3, -0.25) is 0 Å².